The van der Waals surface area contributed by atoms with Gasteiger partial charge in [-0.25, -0.2) is 4.98 Å². The molecule has 3 heterocycles. The van der Waals surface area contributed by atoms with Gasteiger partial charge in [0.25, 0.3) is 0 Å². The molecule has 1 amide bonds. The fourth-order valence-electron chi connectivity index (χ4n) is 3.93. The number of carbonyl (C=O) groups is 1. The Balaban J connectivity index is 1.37. The summed E-state index contributed by atoms with van der Waals surface area (Å²) >= 11 is 0. The number of hydrogen-bond donors (Lipinski definition) is 0. The third-order valence-electron chi connectivity index (χ3n) is 5.20. The third-order valence-corrected chi connectivity index (χ3v) is 5.20. The molecule has 1 aliphatic heterocycles. The van der Waals surface area contributed by atoms with Gasteiger partial charge in [-0.15, -0.1) is 0 Å². The molecule has 1 unspecified atom stereocenters. The van der Waals surface area contributed by atoms with Crippen molar-refractivity contribution in [3.8, 4) is 5.88 Å². The zero-order valence-electron chi connectivity index (χ0n) is 14.6. The highest BCUT2D eigenvalue weighted by Gasteiger charge is 2.33. The highest BCUT2D eigenvalue weighted by Crippen LogP contribution is 2.33. The molecule has 25 heavy (non-hydrogen) atoms. The molecule has 4 rings (SSSR count). The van der Waals surface area contributed by atoms with E-state index in [1.165, 1.54) is 0 Å². The number of ether oxygens (including phenoxy) is 1. The number of aryl methyl sites for hydroxylation is 2. The second kappa shape index (κ2) is 6.86. The van der Waals surface area contributed by atoms with Crippen LogP contribution >= 0.6 is 0 Å². The Hall–Kier alpha value is -2.37. The van der Waals surface area contributed by atoms with Gasteiger partial charge in [0.2, 0.25) is 11.8 Å². The molecule has 2 aromatic heterocycles. The molecule has 132 valence electrons. The summed E-state index contributed by atoms with van der Waals surface area (Å²) in [7, 11) is 1.93. The van der Waals surface area contributed by atoms with Crippen molar-refractivity contribution in [1.82, 2.24) is 19.7 Å². The number of likely N-dealkylation sites (tertiary alicyclic amines) is 1. The number of piperidine rings is 1. The minimum atomic E-state index is -0.0225. The van der Waals surface area contributed by atoms with Crippen LogP contribution in [0.2, 0.25) is 0 Å². The summed E-state index contributed by atoms with van der Waals surface area (Å²) in [4.78, 5) is 19.2. The Kier molecular flexibility index (Phi) is 4.42. The van der Waals surface area contributed by atoms with E-state index in [4.69, 9.17) is 4.74 Å². The predicted octanol–water partition coefficient (Wildman–Crippen LogP) is 2.31. The molecule has 0 aromatic carbocycles. The number of rotatable bonds is 3. The third kappa shape index (κ3) is 3.38. The lowest BCUT2D eigenvalue weighted by Crippen LogP contribution is -2.44. The molecule has 0 spiro atoms. The minimum absolute atomic E-state index is 0.0225. The standard InChI is InChI=1S/C19H24N4O2/c1-22-13-16-15(5-4-6-17(16)21-22)19(24)23-11-8-14(9-12-23)25-18-7-2-3-10-20-18/h2-3,7,10,13-15H,4-6,8-9,11-12H2,1H3. The molecule has 0 bridgehead atoms. The second-order valence-corrected chi connectivity index (χ2v) is 6.96. The SMILES string of the molecule is Cn1cc2c(n1)CCCC2C(=O)N1CCC(Oc2ccccn2)CC1. The van der Waals surface area contributed by atoms with Crippen molar-refractivity contribution in [2.24, 2.45) is 7.05 Å². The van der Waals surface area contributed by atoms with Crippen LogP contribution in [0.4, 0.5) is 0 Å². The van der Waals surface area contributed by atoms with E-state index in [1.807, 2.05) is 41.0 Å². The van der Waals surface area contributed by atoms with Gasteiger partial charge in [-0.1, -0.05) is 6.07 Å². The summed E-state index contributed by atoms with van der Waals surface area (Å²) in [5.41, 5.74) is 2.23. The number of amides is 1. The van der Waals surface area contributed by atoms with Crippen LogP contribution in [0.15, 0.2) is 30.6 Å². The number of fused-ring (bicyclic) bond motifs is 1. The maximum absolute atomic E-state index is 13.0. The van der Waals surface area contributed by atoms with Crippen molar-refractivity contribution in [3.63, 3.8) is 0 Å². The number of carbonyl (C=O) groups excluding carboxylic acids is 1. The van der Waals surface area contributed by atoms with Gasteiger partial charge in [0.15, 0.2) is 0 Å². The first-order chi connectivity index (χ1) is 12.2. The fraction of sp³-hybridized carbons (Fsp3) is 0.526. The molecule has 2 aromatic rings. The molecule has 0 radical (unpaired) electrons. The maximum atomic E-state index is 13.0. The van der Waals surface area contributed by atoms with Crippen molar-refractivity contribution in [3.05, 3.63) is 41.9 Å². The molecule has 2 aliphatic rings. The smallest absolute Gasteiger partial charge is 0.230 e. The van der Waals surface area contributed by atoms with E-state index in [0.29, 0.717) is 5.88 Å². The summed E-state index contributed by atoms with van der Waals surface area (Å²) in [6.07, 6.45) is 8.57. The van der Waals surface area contributed by atoms with Crippen molar-refractivity contribution in [1.29, 1.82) is 0 Å². The van der Waals surface area contributed by atoms with E-state index in [2.05, 4.69) is 10.1 Å². The van der Waals surface area contributed by atoms with Crippen LogP contribution in [-0.2, 0) is 18.3 Å². The summed E-state index contributed by atoms with van der Waals surface area (Å²) in [5, 5.41) is 4.51. The molecular weight excluding hydrogens is 316 g/mol. The zero-order chi connectivity index (χ0) is 17.2. The van der Waals surface area contributed by atoms with Gasteiger partial charge >= 0.3 is 0 Å². The number of hydrogen-bond acceptors (Lipinski definition) is 4. The second-order valence-electron chi connectivity index (χ2n) is 6.96. The Morgan fingerprint density at radius 1 is 1.24 bits per heavy atom. The minimum Gasteiger partial charge on any atom is -0.474 e. The van der Waals surface area contributed by atoms with E-state index >= 15 is 0 Å². The molecule has 1 saturated heterocycles. The molecule has 6 heteroatoms. The zero-order valence-corrected chi connectivity index (χ0v) is 14.6. The van der Waals surface area contributed by atoms with Gasteiger partial charge in [0.1, 0.15) is 6.10 Å². The van der Waals surface area contributed by atoms with Gasteiger partial charge in [-0.05, 0) is 25.3 Å². The summed E-state index contributed by atoms with van der Waals surface area (Å²) in [6, 6.07) is 5.68. The molecule has 1 aliphatic carbocycles. The maximum Gasteiger partial charge on any atom is 0.230 e. The topological polar surface area (TPSA) is 60.2 Å². The Labute approximate surface area is 147 Å². The number of pyridine rings is 1. The van der Waals surface area contributed by atoms with Gasteiger partial charge in [0.05, 0.1) is 11.6 Å². The molecule has 0 N–H and O–H groups in total. The Morgan fingerprint density at radius 2 is 2.08 bits per heavy atom. The van der Waals surface area contributed by atoms with Gasteiger partial charge in [-0.2, -0.15) is 5.10 Å². The molecule has 0 saturated carbocycles. The normalized spacial score (nSPS) is 21.0. The lowest BCUT2D eigenvalue weighted by atomic mass is 9.85. The van der Waals surface area contributed by atoms with E-state index in [0.717, 1.165) is 56.5 Å². The fourth-order valence-corrected chi connectivity index (χ4v) is 3.93. The number of aromatic nitrogens is 3. The molecule has 6 nitrogen and oxygen atoms in total. The van der Waals surface area contributed by atoms with E-state index in [-0.39, 0.29) is 17.9 Å². The van der Waals surface area contributed by atoms with Crippen molar-refractivity contribution < 1.29 is 9.53 Å². The largest absolute Gasteiger partial charge is 0.474 e. The predicted molar refractivity (Wildman–Crippen MR) is 93.4 cm³/mol. The van der Waals surface area contributed by atoms with E-state index in [9.17, 15) is 4.79 Å². The Bertz CT molecular complexity index is 735. The first kappa shape index (κ1) is 16.1. The summed E-state index contributed by atoms with van der Waals surface area (Å²) in [6.45, 7) is 1.50. The monoisotopic (exact) mass is 340 g/mol. The van der Waals surface area contributed by atoms with Crippen LogP contribution < -0.4 is 4.74 Å². The van der Waals surface area contributed by atoms with E-state index in [1.54, 1.807) is 6.20 Å². The molecule has 1 atom stereocenters. The Morgan fingerprint density at radius 3 is 2.84 bits per heavy atom. The van der Waals surface area contributed by atoms with Crippen LogP contribution in [0.3, 0.4) is 0 Å². The average molecular weight is 340 g/mol. The lowest BCUT2D eigenvalue weighted by molar-refractivity contribution is -0.135. The van der Waals surface area contributed by atoms with Crippen LogP contribution in [0.25, 0.3) is 0 Å². The first-order valence-corrected chi connectivity index (χ1v) is 9.09. The van der Waals surface area contributed by atoms with Crippen LogP contribution in [0.5, 0.6) is 5.88 Å². The average Bonchev–Trinajstić information content (AvgIpc) is 3.03. The quantitative estimate of drug-likeness (QED) is 0.860. The van der Waals surface area contributed by atoms with Crippen LogP contribution in [-0.4, -0.2) is 44.8 Å². The van der Waals surface area contributed by atoms with Crippen LogP contribution in [0, 0.1) is 0 Å². The van der Waals surface area contributed by atoms with Crippen molar-refractivity contribution >= 4 is 5.91 Å². The van der Waals surface area contributed by atoms with Gasteiger partial charge < -0.3 is 9.64 Å². The summed E-state index contributed by atoms with van der Waals surface area (Å²) in [5.74, 6) is 0.899. The van der Waals surface area contributed by atoms with Crippen molar-refractivity contribution in [2.45, 2.75) is 44.1 Å². The highest BCUT2D eigenvalue weighted by molar-refractivity contribution is 5.84. The highest BCUT2D eigenvalue weighted by atomic mass is 16.5. The van der Waals surface area contributed by atoms with E-state index < -0.39 is 0 Å². The number of nitrogens with zero attached hydrogens (tertiary/aromatic N) is 4. The summed E-state index contributed by atoms with van der Waals surface area (Å²) < 4.78 is 7.76. The molecule has 1 fully saturated rings. The molecular formula is C19H24N4O2. The first-order valence-electron chi connectivity index (χ1n) is 9.09. The van der Waals surface area contributed by atoms with Gasteiger partial charge in [-0.3, -0.25) is 9.48 Å². The lowest BCUT2D eigenvalue weighted by Gasteiger charge is -2.35. The van der Waals surface area contributed by atoms with Crippen LogP contribution in [0.1, 0.15) is 42.9 Å². The van der Waals surface area contributed by atoms with Gasteiger partial charge in [0, 0.05) is 57.0 Å². The van der Waals surface area contributed by atoms with Crippen molar-refractivity contribution in [2.75, 3.05) is 13.1 Å².